The molecule has 0 aliphatic carbocycles. The molecule has 0 aliphatic rings. The average Bonchev–Trinajstić information content (AvgIpc) is 2.44. The predicted octanol–water partition coefficient (Wildman–Crippen LogP) is 4.11. The van der Waals surface area contributed by atoms with Gasteiger partial charge in [0.2, 0.25) is 0 Å². The fourth-order valence-corrected chi connectivity index (χ4v) is 4.92. The molecule has 150 valence electrons. The lowest BCUT2D eigenvalue weighted by Gasteiger charge is -2.23. The highest BCUT2D eigenvalue weighted by Crippen LogP contribution is 2.50. The van der Waals surface area contributed by atoms with E-state index >= 15 is 0 Å². The molecule has 0 aromatic heterocycles. The van der Waals surface area contributed by atoms with Crippen molar-refractivity contribution in [2.45, 2.75) is 64.7 Å². The summed E-state index contributed by atoms with van der Waals surface area (Å²) in [5.41, 5.74) is 0.950. The Morgan fingerprint density at radius 2 is 1.46 bits per heavy atom. The lowest BCUT2D eigenvalue weighted by atomic mass is 10.2. The van der Waals surface area contributed by atoms with Crippen molar-refractivity contribution in [2.75, 3.05) is 13.0 Å². The molecule has 0 unspecified atom stereocenters. The van der Waals surface area contributed by atoms with Crippen LogP contribution in [0.3, 0.4) is 0 Å². The van der Waals surface area contributed by atoms with Gasteiger partial charge in [0, 0.05) is 0 Å². The van der Waals surface area contributed by atoms with E-state index in [1.54, 1.807) is 46.8 Å². The third kappa shape index (κ3) is 8.29. The predicted molar refractivity (Wildman–Crippen MR) is 99.8 cm³/mol. The summed E-state index contributed by atoms with van der Waals surface area (Å²) in [5, 5.41) is 0. The van der Waals surface area contributed by atoms with Crippen LogP contribution in [0.2, 0.25) is 0 Å². The molecule has 1 aromatic carbocycles. The van der Waals surface area contributed by atoms with Crippen LogP contribution >= 0.6 is 7.60 Å². The number of benzene rings is 1. The van der Waals surface area contributed by atoms with Crippen molar-refractivity contribution in [3.63, 3.8) is 0 Å². The Balaban J connectivity index is 2.60. The monoisotopic (exact) mass is 408 g/mol. The molecule has 1 atom stereocenters. The first-order chi connectivity index (χ1) is 11.9. The zero-order valence-corrected chi connectivity index (χ0v) is 17.9. The van der Waals surface area contributed by atoms with Gasteiger partial charge in [-0.25, -0.2) is 0 Å². The molecule has 0 saturated carbocycles. The fraction of sp³-hybridized carbons (Fsp3) is 0.647. The average molecular weight is 408 g/mol. The van der Waals surface area contributed by atoms with E-state index in [0.717, 1.165) is 5.56 Å². The van der Waals surface area contributed by atoms with E-state index in [0.29, 0.717) is 0 Å². The molecule has 0 heterocycles. The van der Waals surface area contributed by atoms with E-state index in [4.69, 9.17) is 18.0 Å². The van der Waals surface area contributed by atoms with Crippen molar-refractivity contribution in [2.24, 2.45) is 0 Å². The van der Waals surface area contributed by atoms with Gasteiger partial charge in [0.25, 0.3) is 10.1 Å². The number of hydrogen-bond donors (Lipinski definition) is 0. The summed E-state index contributed by atoms with van der Waals surface area (Å²) in [6.07, 6.45) is -1.62. The normalized spacial score (nSPS) is 14.2. The molecule has 1 rings (SSSR count). The quantitative estimate of drug-likeness (QED) is 0.402. The van der Waals surface area contributed by atoms with E-state index in [1.165, 1.54) is 12.1 Å². The number of aryl methyl sites for hydroxylation is 1. The molecular weight excluding hydrogens is 379 g/mol. The van der Waals surface area contributed by atoms with Crippen molar-refractivity contribution in [1.82, 2.24) is 0 Å². The molecule has 1 aromatic rings. The van der Waals surface area contributed by atoms with Gasteiger partial charge in [-0.05, 0) is 53.7 Å². The first-order valence-corrected chi connectivity index (χ1v) is 11.6. The van der Waals surface area contributed by atoms with Crippen LogP contribution in [0.1, 0.15) is 40.2 Å². The van der Waals surface area contributed by atoms with Gasteiger partial charge < -0.3 is 13.8 Å². The second kappa shape index (κ2) is 9.97. The van der Waals surface area contributed by atoms with Crippen LogP contribution in [0.5, 0.6) is 0 Å². The molecular formula is C17H29O7PS. The Kier molecular flexibility index (Phi) is 8.93. The SMILES string of the molecule is Cc1ccc(S(=O)(=O)O[C@@H](C)COCP(=O)(OC(C)C)OC(C)C)cc1. The summed E-state index contributed by atoms with van der Waals surface area (Å²) in [6, 6.07) is 6.36. The second-order valence-electron chi connectivity index (χ2n) is 6.59. The smallest absolute Gasteiger partial charge is 0.356 e. The van der Waals surface area contributed by atoms with Gasteiger partial charge in [-0.2, -0.15) is 8.42 Å². The zero-order chi connectivity index (χ0) is 20.0. The summed E-state index contributed by atoms with van der Waals surface area (Å²) in [6.45, 7) is 10.3. The van der Waals surface area contributed by atoms with Crippen molar-refractivity contribution in [3.8, 4) is 0 Å². The molecule has 0 spiro atoms. The summed E-state index contributed by atoms with van der Waals surface area (Å²) < 4.78 is 58.3. The maximum absolute atomic E-state index is 12.6. The molecule has 0 bridgehead atoms. The van der Waals surface area contributed by atoms with Gasteiger partial charge in [0.05, 0.1) is 29.8 Å². The summed E-state index contributed by atoms with van der Waals surface area (Å²) in [7, 11) is -7.32. The maximum atomic E-state index is 12.6. The minimum absolute atomic E-state index is 0.0714. The van der Waals surface area contributed by atoms with Crippen LogP contribution in [0, 0.1) is 6.92 Å². The lowest BCUT2D eigenvalue weighted by Crippen LogP contribution is -2.22. The van der Waals surface area contributed by atoms with Crippen molar-refractivity contribution in [1.29, 1.82) is 0 Å². The Hall–Kier alpha value is -0.760. The van der Waals surface area contributed by atoms with Crippen LogP contribution in [-0.4, -0.2) is 39.7 Å². The molecule has 0 N–H and O–H groups in total. The topological polar surface area (TPSA) is 88.1 Å². The summed E-state index contributed by atoms with van der Waals surface area (Å²) in [4.78, 5) is 0.0758. The second-order valence-corrected chi connectivity index (χ2v) is 10.1. The molecule has 9 heteroatoms. The summed E-state index contributed by atoms with van der Waals surface area (Å²) in [5.74, 6) is 0. The third-order valence-electron chi connectivity index (χ3n) is 2.95. The Bertz CT molecular complexity index is 684. The van der Waals surface area contributed by atoms with Gasteiger partial charge in [-0.15, -0.1) is 0 Å². The largest absolute Gasteiger partial charge is 0.366 e. The van der Waals surface area contributed by atoms with Crippen LogP contribution in [0.25, 0.3) is 0 Å². The third-order valence-corrected chi connectivity index (χ3v) is 6.36. The minimum atomic E-state index is -3.89. The first-order valence-electron chi connectivity index (χ1n) is 8.47. The molecule has 0 radical (unpaired) electrons. The molecule has 26 heavy (non-hydrogen) atoms. The van der Waals surface area contributed by atoms with E-state index in [1.807, 2.05) is 6.92 Å². The van der Waals surface area contributed by atoms with Crippen LogP contribution in [0.4, 0.5) is 0 Å². The number of hydrogen-bond acceptors (Lipinski definition) is 7. The Morgan fingerprint density at radius 3 is 1.92 bits per heavy atom. The van der Waals surface area contributed by atoms with Gasteiger partial charge in [-0.1, -0.05) is 17.7 Å². The van der Waals surface area contributed by atoms with Gasteiger partial charge in [-0.3, -0.25) is 8.75 Å². The highest BCUT2D eigenvalue weighted by molar-refractivity contribution is 7.86. The van der Waals surface area contributed by atoms with Crippen LogP contribution in [0.15, 0.2) is 29.2 Å². The molecule has 0 aliphatic heterocycles. The lowest BCUT2D eigenvalue weighted by molar-refractivity contribution is 0.0607. The van der Waals surface area contributed by atoms with Gasteiger partial charge >= 0.3 is 7.60 Å². The number of rotatable bonds is 11. The fourth-order valence-electron chi connectivity index (χ4n) is 2.06. The highest BCUT2D eigenvalue weighted by Gasteiger charge is 2.29. The molecule has 0 amide bonds. The van der Waals surface area contributed by atoms with E-state index in [2.05, 4.69) is 0 Å². The molecule has 0 fully saturated rings. The van der Waals surface area contributed by atoms with E-state index in [-0.39, 0.29) is 30.1 Å². The number of ether oxygens (including phenoxy) is 1. The van der Waals surface area contributed by atoms with Crippen molar-refractivity contribution in [3.05, 3.63) is 29.8 Å². The van der Waals surface area contributed by atoms with E-state index in [9.17, 15) is 13.0 Å². The van der Waals surface area contributed by atoms with Crippen molar-refractivity contribution >= 4 is 17.7 Å². The van der Waals surface area contributed by atoms with Gasteiger partial charge in [0.15, 0.2) is 0 Å². The Labute approximate surface area is 156 Å². The van der Waals surface area contributed by atoms with E-state index < -0.39 is 23.8 Å². The highest BCUT2D eigenvalue weighted by atomic mass is 32.2. The maximum Gasteiger partial charge on any atom is 0.356 e. The van der Waals surface area contributed by atoms with Gasteiger partial charge in [0.1, 0.15) is 6.35 Å². The standard InChI is InChI=1S/C17H29O7PS/c1-13(2)22-25(18,23-14(3)4)12-21-11-16(6)24-26(19,20)17-9-7-15(5)8-10-17/h7-10,13-14,16H,11-12H2,1-6H3/t16-/m0/s1. The summed E-state index contributed by atoms with van der Waals surface area (Å²) >= 11 is 0. The van der Waals surface area contributed by atoms with Crippen LogP contribution < -0.4 is 0 Å². The molecule has 0 saturated heterocycles. The van der Waals surface area contributed by atoms with Crippen LogP contribution in [-0.2, 0) is 32.7 Å². The zero-order valence-electron chi connectivity index (χ0n) is 16.2. The minimum Gasteiger partial charge on any atom is -0.366 e. The van der Waals surface area contributed by atoms with Crippen molar-refractivity contribution < 1.29 is 31.0 Å². The Morgan fingerprint density at radius 1 is 0.962 bits per heavy atom. The first kappa shape index (κ1) is 23.3. The molecule has 7 nitrogen and oxygen atoms in total.